The minimum atomic E-state index is -0.0199. The molecule has 1 fully saturated rings. The number of amides is 1. The van der Waals surface area contributed by atoms with Crippen LogP contribution >= 0.6 is 0 Å². The van der Waals surface area contributed by atoms with E-state index in [1.54, 1.807) is 6.92 Å². The Labute approximate surface area is 167 Å². The summed E-state index contributed by atoms with van der Waals surface area (Å²) in [5, 5.41) is 3.01. The molecule has 0 aromatic heterocycles. The minimum Gasteiger partial charge on any atom is -0.356 e. The number of nitrogens with zero attached hydrogens (tertiary/aromatic N) is 1. The van der Waals surface area contributed by atoms with Gasteiger partial charge in [0.15, 0.2) is 0 Å². The SMILES string of the molecule is CCCCCCC1CCCC(CC)C(C(C=O)N(C)C)C1CCNC(C)=O. The minimum absolute atomic E-state index is 0.0199. The van der Waals surface area contributed by atoms with Crippen molar-refractivity contribution in [3.05, 3.63) is 0 Å². The van der Waals surface area contributed by atoms with Gasteiger partial charge in [0.25, 0.3) is 0 Å². The lowest BCUT2D eigenvalue weighted by Crippen LogP contribution is -2.45. The lowest BCUT2D eigenvalue weighted by molar-refractivity contribution is -0.119. The summed E-state index contributed by atoms with van der Waals surface area (Å²) >= 11 is 0. The van der Waals surface area contributed by atoms with Gasteiger partial charge in [0.1, 0.15) is 6.29 Å². The molecule has 0 aliphatic heterocycles. The zero-order valence-corrected chi connectivity index (χ0v) is 18.5. The highest BCUT2D eigenvalue weighted by Gasteiger charge is 2.41. The highest BCUT2D eigenvalue weighted by Crippen LogP contribution is 2.44. The van der Waals surface area contributed by atoms with Crippen LogP contribution in [0, 0.1) is 23.7 Å². The molecule has 158 valence electrons. The first-order valence-corrected chi connectivity index (χ1v) is 11.3. The number of hydrogen-bond acceptors (Lipinski definition) is 3. The van der Waals surface area contributed by atoms with Gasteiger partial charge in [0.2, 0.25) is 5.91 Å². The van der Waals surface area contributed by atoms with Gasteiger partial charge in [-0.25, -0.2) is 0 Å². The quantitative estimate of drug-likeness (QED) is 0.304. The summed E-state index contributed by atoms with van der Waals surface area (Å²) in [6, 6.07) is -0.0199. The van der Waals surface area contributed by atoms with E-state index >= 15 is 0 Å². The van der Waals surface area contributed by atoms with Crippen LogP contribution < -0.4 is 5.32 Å². The number of rotatable bonds is 12. The van der Waals surface area contributed by atoms with Gasteiger partial charge in [-0.05, 0) is 44.2 Å². The topological polar surface area (TPSA) is 49.4 Å². The molecule has 4 nitrogen and oxygen atoms in total. The van der Waals surface area contributed by atoms with E-state index in [0.29, 0.717) is 23.7 Å². The Morgan fingerprint density at radius 3 is 2.37 bits per heavy atom. The summed E-state index contributed by atoms with van der Waals surface area (Å²) < 4.78 is 0. The molecule has 0 bridgehead atoms. The number of carbonyl (C=O) groups excluding carboxylic acids is 2. The molecule has 0 aromatic carbocycles. The molecule has 27 heavy (non-hydrogen) atoms. The van der Waals surface area contributed by atoms with E-state index in [0.717, 1.165) is 19.4 Å². The maximum absolute atomic E-state index is 12.0. The fourth-order valence-corrected chi connectivity index (χ4v) is 5.31. The number of likely N-dealkylation sites (N-methyl/N-ethyl adjacent to an activating group) is 1. The van der Waals surface area contributed by atoms with Crippen LogP contribution in [-0.4, -0.2) is 43.8 Å². The van der Waals surface area contributed by atoms with Crippen molar-refractivity contribution in [2.75, 3.05) is 20.6 Å². The molecule has 5 atom stereocenters. The van der Waals surface area contributed by atoms with Crippen LogP contribution in [0.2, 0.25) is 0 Å². The summed E-state index contributed by atoms with van der Waals surface area (Å²) in [7, 11) is 4.08. The molecule has 4 heteroatoms. The summed E-state index contributed by atoms with van der Waals surface area (Å²) in [6.07, 6.45) is 13.6. The van der Waals surface area contributed by atoms with Crippen LogP contribution in [0.25, 0.3) is 0 Å². The average Bonchev–Trinajstić information content (AvgIpc) is 2.79. The molecule has 0 aromatic rings. The van der Waals surface area contributed by atoms with Gasteiger partial charge in [-0.1, -0.05) is 71.6 Å². The molecule has 1 rings (SSSR count). The molecular formula is C23H44N2O2. The number of nitrogens with one attached hydrogen (secondary N) is 1. The van der Waals surface area contributed by atoms with Crippen molar-refractivity contribution in [2.45, 2.75) is 91.0 Å². The molecule has 0 heterocycles. The third kappa shape index (κ3) is 7.93. The normalized spacial score (nSPS) is 27.2. The predicted molar refractivity (Wildman–Crippen MR) is 114 cm³/mol. The van der Waals surface area contributed by atoms with E-state index in [2.05, 4.69) is 24.1 Å². The Morgan fingerprint density at radius 2 is 1.81 bits per heavy atom. The van der Waals surface area contributed by atoms with E-state index in [4.69, 9.17) is 0 Å². The van der Waals surface area contributed by atoms with Crippen LogP contribution in [-0.2, 0) is 9.59 Å². The van der Waals surface area contributed by atoms with Gasteiger partial charge in [-0.15, -0.1) is 0 Å². The zero-order chi connectivity index (χ0) is 20.2. The monoisotopic (exact) mass is 380 g/mol. The third-order valence-corrected chi connectivity index (χ3v) is 6.73. The first-order chi connectivity index (χ1) is 13.0. The Hall–Kier alpha value is -0.900. The van der Waals surface area contributed by atoms with Crippen molar-refractivity contribution in [2.24, 2.45) is 23.7 Å². The molecule has 1 aliphatic carbocycles. The van der Waals surface area contributed by atoms with Gasteiger partial charge >= 0.3 is 0 Å². The van der Waals surface area contributed by atoms with Gasteiger partial charge in [-0.2, -0.15) is 0 Å². The summed E-state index contributed by atoms with van der Waals surface area (Å²) in [5.74, 6) is 2.25. The second-order valence-electron chi connectivity index (χ2n) is 8.81. The fraction of sp³-hybridized carbons (Fsp3) is 0.913. The van der Waals surface area contributed by atoms with Crippen molar-refractivity contribution in [1.82, 2.24) is 10.2 Å². The van der Waals surface area contributed by atoms with Crippen LogP contribution in [0.4, 0.5) is 0 Å². The number of unbranched alkanes of at least 4 members (excludes halogenated alkanes) is 3. The first kappa shape index (κ1) is 24.1. The third-order valence-electron chi connectivity index (χ3n) is 6.73. The van der Waals surface area contributed by atoms with Crippen LogP contribution in [0.5, 0.6) is 0 Å². The number of aldehydes is 1. The van der Waals surface area contributed by atoms with Crippen LogP contribution in [0.1, 0.15) is 85.0 Å². The number of hydrogen-bond donors (Lipinski definition) is 1. The van der Waals surface area contributed by atoms with E-state index in [1.165, 1.54) is 57.7 Å². The van der Waals surface area contributed by atoms with Gasteiger partial charge in [-0.3, -0.25) is 9.69 Å². The van der Waals surface area contributed by atoms with Crippen LogP contribution in [0.3, 0.4) is 0 Å². The second kappa shape index (κ2) is 13.3. The Bertz CT molecular complexity index is 425. The summed E-state index contributed by atoms with van der Waals surface area (Å²) in [4.78, 5) is 25.6. The lowest BCUT2D eigenvalue weighted by Gasteiger charge is -2.41. The standard InChI is InChI=1S/C23H44N2O2/c1-6-8-9-10-12-20-14-11-13-19(7-2)23(22(17-26)25(4)5)21(20)15-16-24-18(3)27/h17,19-23H,6-16H2,1-5H3,(H,24,27). The molecule has 0 spiro atoms. The molecule has 5 unspecified atom stereocenters. The Kier molecular flexibility index (Phi) is 11.9. The van der Waals surface area contributed by atoms with Crippen molar-refractivity contribution < 1.29 is 9.59 Å². The highest BCUT2D eigenvalue weighted by molar-refractivity contribution is 5.72. The summed E-state index contributed by atoms with van der Waals surface area (Å²) in [6.45, 7) is 6.87. The first-order valence-electron chi connectivity index (χ1n) is 11.3. The van der Waals surface area contributed by atoms with Gasteiger partial charge < -0.3 is 10.1 Å². The molecule has 0 radical (unpaired) electrons. The van der Waals surface area contributed by atoms with E-state index in [1.807, 2.05) is 14.1 Å². The Morgan fingerprint density at radius 1 is 1.11 bits per heavy atom. The maximum Gasteiger partial charge on any atom is 0.216 e. The molecule has 1 N–H and O–H groups in total. The Balaban J connectivity index is 3.03. The van der Waals surface area contributed by atoms with E-state index in [9.17, 15) is 9.59 Å². The molecule has 1 aliphatic rings. The van der Waals surface area contributed by atoms with E-state index in [-0.39, 0.29) is 11.9 Å². The second-order valence-corrected chi connectivity index (χ2v) is 8.81. The molecule has 0 saturated heterocycles. The van der Waals surface area contributed by atoms with Crippen LogP contribution in [0.15, 0.2) is 0 Å². The van der Waals surface area contributed by atoms with Gasteiger partial charge in [0, 0.05) is 13.5 Å². The molecule has 1 saturated carbocycles. The fourth-order valence-electron chi connectivity index (χ4n) is 5.31. The molecule has 1 amide bonds. The van der Waals surface area contributed by atoms with E-state index < -0.39 is 0 Å². The summed E-state index contributed by atoms with van der Waals surface area (Å²) in [5.41, 5.74) is 0. The van der Waals surface area contributed by atoms with Crippen molar-refractivity contribution in [1.29, 1.82) is 0 Å². The number of carbonyl (C=O) groups is 2. The lowest BCUT2D eigenvalue weighted by atomic mass is 9.69. The molecular weight excluding hydrogens is 336 g/mol. The zero-order valence-electron chi connectivity index (χ0n) is 18.5. The van der Waals surface area contributed by atoms with Crippen molar-refractivity contribution in [3.63, 3.8) is 0 Å². The van der Waals surface area contributed by atoms with Crippen molar-refractivity contribution in [3.8, 4) is 0 Å². The average molecular weight is 381 g/mol. The van der Waals surface area contributed by atoms with Crippen molar-refractivity contribution >= 4 is 12.2 Å². The van der Waals surface area contributed by atoms with Gasteiger partial charge in [0.05, 0.1) is 6.04 Å². The smallest absolute Gasteiger partial charge is 0.216 e. The maximum atomic E-state index is 12.0. The largest absolute Gasteiger partial charge is 0.356 e. The predicted octanol–water partition coefficient (Wildman–Crippen LogP) is 4.67. The highest BCUT2D eigenvalue weighted by atomic mass is 16.1.